The molecule has 6 atom stereocenters. The number of esters is 2. The van der Waals surface area contributed by atoms with Gasteiger partial charge in [-0.2, -0.15) is 0 Å². The maximum absolute atomic E-state index is 12.7. The van der Waals surface area contributed by atoms with Crippen LogP contribution in [0, 0.1) is 0 Å². The number of carbonyl (C=O) groups is 2. The molecule has 0 radical (unpaired) electrons. The first-order chi connectivity index (χ1) is 26.4. The molecule has 0 amide bonds. The summed E-state index contributed by atoms with van der Waals surface area (Å²) < 4.78 is 33.0. The van der Waals surface area contributed by atoms with Crippen LogP contribution in [0.4, 0.5) is 0 Å². The number of allylic oxidation sites excluding steroid dienone is 8. The second kappa shape index (κ2) is 31.8. The van der Waals surface area contributed by atoms with Gasteiger partial charge in [0.25, 0.3) is 0 Å². The number of carbonyl (C=O) groups excluding carboxylic acids is 2. The largest absolute Gasteiger partial charge is 0.472 e. The second-order valence-corrected chi connectivity index (χ2v) is 15.5. The molecule has 1 saturated carbocycles. The molecule has 0 aromatic carbocycles. The highest BCUT2D eigenvalue weighted by atomic mass is 31.2. The van der Waals surface area contributed by atoms with Gasteiger partial charge in [0, 0.05) is 12.8 Å². The van der Waals surface area contributed by atoms with Gasteiger partial charge in [-0.1, -0.05) is 127 Å². The third kappa shape index (κ3) is 24.9. The van der Waals surface area contributed by atoms with Gasteiger partial charge in [0.2, 0.25) is 0 Å². The van der Waals surface area contributed by atoms with Crippen molar-refractivity contribution in [3.05, 3.63) is 48.6 Å². The Kier molecular flexibility index (Phi) is 29.4. The molecule has 1 aliphatic carbocycles. The third-order valence-electron chi connectivity index (χ3n) is 9.18. The number of phosphoric acid groups is 1. The van der Waals surface area contributed by atoms with E-state index in [0.29, 0.717) is 12.8 Å². The van der Waals surface area contributed by atoms with Gasteiger partial charge in [-0.3, -0.25) is 18.6 Å². The average molecular weight is 803 g/mol. The van der Waals surface area contributed by atoms with Crippen LogP contribution in [0.1, 0.15) is 142 Å². The molecule has 55 heavy (non-hydrogen) atoms. The van der Waals surface area contributed by atoms with Crippen LogP contribution in [-0.4, -0.2) is 98.3 Å². The molecular formula is C41H71O13P. The summed E-state index contributed by atoms with van der Waals surface area (Å²) >= 11 is 0. The van der Waals surface area contributed by atoms with Crippen LogP contribution in [-0.2, 0) is 32.7 Å². The topological polar surface area (TPSA) is 210 Å². The van der Waals surface area contributed by atoms with Crippen molar-refractivity contribution < 1.29 is 63.1 Å². The molecule has 0 aromatic heterocycles. The van der Waals surface area contributed by atoms with Gasteiger partial charge in [0.15, 0.2) is 6.10 Å². The van der Waals surface area contributed by atoms with Gasteiger partial charge in [0.1, 0.15) is 43.2 Å². The molecule has 0 spiro atoms. The van der Waals surface area contributed by atoms with E-state index < -0.39 is 75.7 Å². The highest BCUT2D eigenvalue weighted by Gasteiger charge is 2.51. The van der Waals surface area contributed by atoms with E-state index in [1.165, 1.54) is 32.1 Å². The smallest absolute Gasteiger partial charge is 0.462 e. The van der Waals surface area contributed by atoms with Gasteiger partial charge >= 0.3 is 19.8 Å². The standard InChI is InChI=1S/C41H71O13P/c1-3-5-7-8-9-10-11-12-13-14-15-16-17-18-19-20-21-22-23-24-25-26-28-30-35(43)53-33(31-51-34(42)29-27-6-4-2)32-52-55(49,50)54-41-39(47)37(45)36(44)38(46)40(41)48/h5,7,9-10,12-13,15-16,33,36-41,44-48H,3-4,6,8,11,14,17-32H2,1-2H3,(H,49,50)/b7-5-,10-9-,13-12-,16-15-. The molecule has 318 valence electrons. The Hall–Kier alpha value is -2.19. The summed E-state index contributed by atoms with van der Waals surface area (Å²) in [5, 5.41) is 49.7. The van der Waals surface area contributed by atoms with Gasteiger partial charge in [-0.25, -0.2) is 4.57 Å². The first-order valence-electron chi connectivity index (χ1n) is 20.4. The van der Waals surface area contributed by atoms with E-state index in [1.54, 1.807) is 0 Å². The molecule has 0 aromatic rings. The average Bonchev–Trinajstić information content (AvgIpc) is 3.16. The van der Waals surface area contributed by atoms with Crippen molar-refractivity contribution in [2.75, 3.05) is 13.2 Å². The maximum atomic E-state index is 12.7. The van der Waals surface area contributed by atoms with Crippen LogP contribution in [0.25, 0.3) is 0 Å². The molecule has 0 saturated heterocycles. The zero-order valence-corrected chi connectivity index (χ0v) is 34.1. The van der Waals surface area contributed by atoms with Crippen molar-refractivity contribution in [3.63, 3.8) is 0 Å². The van der Waals surface area contributed by atoms with Crippen molar-refractivity contribution in [1.29, 1.82) is 0 Å². The van der Waals surface area contributed by atoms with Crippen molar-refractivity contribution in [1.82, 2.24) is 0 Å². The fourth-order valence-electron chi connectivity index (χ4n) is 5.86. The number of aliphatic hydroxyl groups is 5. The highest BCUT2D eigenvalue weighted by Crippen LogP contribution is 2.47. The quantitative estimate of drug-likeness (QED) is 0.0179. The van der Waals surface area contributed by atoms with Gasteiger partial charge in [0.05, 0.1) is 6.61 Å². The Morgan fingerprint density at radius 3 is 1.58 bits per heavy atom. The molecule has 6 unspecified atom stereocenters. The van der Waals surface area contributed by atoms with E-state index in [-0.39, 0.29) is 12.8 Å². The maximum Gasteiger partial charge on any atom is 0.472 e. The van der Waals surface area contributed by atoms with Crippen LogP contribution in [0.5, 0.6) is 0 Å². The molecule has 13 nitrogen and oxygen atoms in total. The minimum atomic E-state index is -5.10. The number of unbranched alkanes of at least 4 members (excludes halogenated alkanes) is 12. The van der Waals surface area contributed by atoms with Crippen LogP contribution in [0.3, 0.4) is 0 Å². The van der Waals surface area contributed by atoms with E-state index in [1.807, 2.05) is 6.92 Å². The molecular weight excluding hydrogens is 731 g/mol. The summed E-state index contributed by atoms with van der Waals surface area (Å²) in [4.78, 5) is 35.0. The number of rotatable bonds is 32. The summed E-state index contributed by atoms with van der Waals surface area (Å²) in [6.07, 6.45) is 23.0. The van der Waals surface area contributed by atoms with Crippen molar-refractivity contribution in [2.45, 2.75) is 185 Å². The summed E-state index contributed by atoms with van der Waals surface area (Å²) in [6.45, 7) is 2.94. The van der Waals surface area contributed by atoms with Gasteiger partial charge in [-0.05, 0) is 51.4 Å². The second-order valence-electron chi connectivity index (χ2n) is 14.1. The summed E-state index contributed by atoms with van der Waals surface area (Å²) in [5.74, 6) is -1.14. The van der Waals surface area contributed by atoms with E-state index in [9.17, 15) is 44.6 Å². The lowest BCUT2D eigenvalue weighted by Crippen LogP contribution is -2.64. The molecule has 1 aliphatic rings. The first-order valence-corrected chi connectivity index (χ1v) is 21.9. The Balaban J connectivity index is 2.30. The minimum Gasteiger partial charge on any atom is -0.462 e. The predicted molar refractivity (Wildman–Crippen MR) is 212 cm³/mol. The van der Waals surface area contributed by atoms with Crippen molar-refractivity contribution in [2.24, 2.45) is 0 Å². The molecule has 6 N–H and O–H groups in total. The fourth-order valence-corrected chi connectivity index (χ4v) is 6.84. The Morgan fingerprint density at radius 2 is 1.04 bits per heavy atom. The summed E-state index contributed by atoms with van der Waals surface area (Å²) in [7, 11) is -5.10. The molecule has 0 aliphatic heterocycles. The minimum absolute atomic E-state index is 0.0894. The number of hydrogen-bond donors (Lipinski definition) is 6. The van der Waals surface area contributed by atoms with Crippen LogP contribution in [0.2, 0.25) is 0 Å². The molecule has 1 fully saturated rings. The summed E-state index contributed by atoms with van der Waals surface area (Å²) in [6, 6.07) is 0. The molecule has 14 heteroatoms. The third-order valence-corrected chi connectivity index (χ3v) is 10.2. The van der Waals surface area contributed by atoms with Gasteiger partial charge in [-0.15, -0.1) is 0 Å². The van der Waals surface area contributed by atoms with Gasteiger partial charge < -0.3 is 39.9 Å². The predicted octanol–water partition coefficient (Wildman–Crippen LogP) is 6.83. The number of ether oxygens (including phenoxy) is 2. The van der Waals surface area contributed by atoms with E-state index >= 15 is 0 Å². The summed E-state index contributed by atoms with van der Waals surface area (Å²) in [5.41, 5.74) is 0. The van der Waals surface area contributed by atoms with Crippen molar-refractivity contribution >= 4 is 19.8 Å². The first kappa shape index (κ1) is 50.8. The lowest BCUT2D eigenvalue weighted by Gasteiger charge is -2.41. The number of phosphoric ester groups is 1. The Labute approximate surface area is 329 Å². The molecule has 0 bridgehead atoms. The molecule has 0 heterocycles. The number of hydrogen-bond acceptors (Lipinski definition) is 12. The lowest BCUT2D eigenvalue weighted by molar-refractivity contribution is -0.220. The Bertz CT molecular complexity index is 1160. The Morgan fingerprint density at radius 1 is 0.582 bits per heavy atom. The van der Waals surface area contributed by atoms with Crippen LogP contribution < -0.4 is 0 Å². The van der Waals surface area contributed by atoms with Crippen LogP contribution >= 0.6 is 7.82 Å². The zero-order chi connectivity index (χ0) is 40.7. The zero-order valence-electron chi connectivity index (χ0n) is 33.2. The molecule has 1 rings (SSSR count). The van der Waals surface area contributed by atoms with Crippen molar-refractivity contribution in [3.8, 4) is 0 Å². The lowest BCUT2D eigenvalue weighted by atomic mass is 9.85. The highest BCUT2D eigenvalue weighted by molar-refractivity contribution is 7.47. The van der Waals surface area contributed by atoms with Crippen LogP contribution in [0.15, 0.2) is 48.6 Å². The fraction of sp³-hybridized carbons (Fsp3) is 0.756. The van der Waals surface area contributed by atoms with E-state index in [4.69, 9.17) is 18.5 Å². The van der Waals surface area contributed by atoms with E-state index in [0.717, 1.165) is 70.6 Å². The van der Waals surface area contributed by atoms with E-state index in [2.05, 4.69) is 55.5 Å². The monoisotopic (exact) mass is 802 g/mol. The normalized spacial score (nSPS) is 23.6. The number of aliphatic hydroxyl groups excluding tert-OH is 5. The SMILES string of the molecule is CC/C=C\C/C=C\C/C=C\C/C=C\CCCCCCCCCCCCC(=O)OC(COC(=O)CCCCC)COP(=O)(O)OC1C(O)C(O)C(O)C(O)C1O.